The quantitative estimate of drug-likeness (QED) is 0.870. The highest BCUT2D eigenvalue weighted by molar-refractivity contribution is 6.02. The van der Waals surface area contributed by atoms with E-state index in [9.17, 15) is 4.79 Å². The molecular formula is C13H16Cl2N4O2. The molecule has 0 amide bonds. The van der Waals surface area contributed by atoms with Crippen molar-refractivity contribution in [2.75, 3.05) is 31.1 Å². The molecule has 1 fully saturated rings. The Labute approximate surface area is 134 Å². The van der Waals surface area contributed by atoms with Crippen molar-refractivity contribution in [1.82, 2.24) is 15.3 Å². The van der Waals surface area contributed by atoms with E-state index in [-0.39, 0.29) is 30.4 Å². The first-order chi connectivity index (χ1) is 9.25. The predicted molar refractivity (Wildman–Crippen MR) is 86.1 cm³/mol. The number of aromatic carboxylic acids is 1. The largest absolute Gasteiger partial charge is 0.478 e. The van der Waals surface area contributed by atoms with Gasteiger partial charge in [0.1, 0.15) is 0 Å². The van der Waals surface area contributed by atoms with Gasteiger partial charge in [0.15, 0.2) is 0 Å². The van der Waals surface area contributed by atoms with Crippen molar-refractivity contribution >= 4 is 47.6 Å². The number of nitrogens with zero attached hydrogens (tertiary/aromatic N) is 3. The van der Waals surface area contributed by atoms with E-state index in [0.29, 0.717) is 16.9 Å². The molecule has 2 N–H and O–H groups in total. The molecule has 0 aliphatic carbocycles. The van der Waals surface area contributed by atoms with Crippen LogP contribution < -0.4 is 10.2 Å². The zero-order valence-electron chi connectivity index (χ0n) is 11.2. The summed E-state index contributed by atoms with van der Waals surface area (Å²) in [7, 11) is 0. The summed E-state index contributed by atoms with van der Waals surface area (Å²) in [5, 5.41) is 13.0. The zero-order valence-corrected chi connectivity index (χ0v) is 12.8. The van der Waals surface area contributed by atoms with Crippen LogP contribution in [-0.2, 0) is 0 Å². The minimum Gasteiger partial charge on any atom is -0.478 e. The van der Waals surface area contributed by atoms with Crippen LogP contribution in [0.1, 0.15) is 10.4 Å². The number of halogens is 2. The Morgan fingerprint density at radius 2 is 1.95 bits per heavy atom. The van der Waals surface area contributed by atoms with Gasteiger partial charge in [0.25, 0.3) is 0 Å². The lowest BCUT2D eigenvalue weighted by Gasteiger charge is -2.27. The molecular weight excluding hydrogens is 315 g/mol. The van der Waals surface area contributed by atoms with E-state index in [1.54, 1.807) is 18.3 Å². The van der Waals surface area contributed by atoms with Crippen LogP contribution in [0.3, 0.4) is 0 Å². The molecule has 0 bridgehead atoms. The van der Waals surface area contributed by atoms with Gasteiger partial charge in [-0.1, -0.05) is 6.07 Å². The number of aromatic nitrogens is 2. The number of carboxylic acids is 1. The van der Waals surface area contributed by atoms with E-state index in [0.717, 1.165) is 26.2 Å². The summed E-state index contributed by atoms with van der Waals surface area (Å²) in [6.45, 7) is 3.56. The number of carbonyl (C=O) groups is 1. The van der Waals surface area contributed by atoms with Crippen LogP contribution in [0.15, 0.2) is 24.4 Å². The number of rotatable bonds is 2. The van der Waals surface area contributed by atoms with Crippen LogP contribution in [0.4, 0.5) is 5.95 Å². The molecule has 0 saturated carbocycles. The van der Waals surface area contributed by atoms with Gasteiger partial charge in [0, 0.05) is 37.8 Å². The Balaban J connectivity index is 0.00000110. The molecule has 2 aromatic rings. The monoisotopic (exact) mass is 330 g/mol. The lowest BCUT2D eigenvalue weighted by atomic mass is 10.1. The Morgan fingerprint density at radius 1 is 1.24 bits per heavy atom. The minimum atomic E-state index is -0.955. The first-order valence-corrected chi connectivity index (χ1v) is 6.20. The Morgan fingerprint density at radius 3 is 2.62 bits per heavy atom. The molecule has 6 nitrogen and oxygen atoms in total. The van der Waals surface area contributed by atoms with Crippen LogP contribution in [0.5, 0.6) is 0 Å². The van der Waals surface area contributed by atoms with Crippen molar-refractivity contribution in [2.24, 2.45) is 0 Å². The van der Waals surface area contributed by atoms with Crippen molar-refractivity contribution in [3.8, 4) is 0 Å². The second-order valence-electron chi connectivity index (χ2n) is 4.45. The van der Waals surface area contributed by atoms with Gasteiger partial charge in [0.2, 0.25) is 5.95 Å². The van der Waals surface area contributed by atoms with Gasteiger partial charge in [-0.25, -0.2) is 14.8 Å². The maximum atomic E-state index is 11.1. The highest BCUT2D eigenvalue weighted by Gasteiger charge is 2.15. The number of hydrogen-bond donors (Lipinski definition) is 2. The Hall–Kier alpha value is -1.63. The number of benzene rings is 1. The third-order valence-corrected chi connectivity index (χ3v) is 3.24. The second-order valence-corrected chi connectivity index (χ2v) is 4.45. The van der Waals surface area contributed by atoms with Gasteiger partial charge < -0.3 is 15.3 Å². The molecule has 1 aliphatic rings. The van der Waals surface area contributed by atoms with E-state index in [1.165, 1.54) is 0 Å². The fraction of sp³-hybridized carbons (Fsp3) is 0.308. The zero-order chi connectivity index (χ0) is 13.2. The smallest absolute Gasteiger partial charge is 0.336 e. The van der Waals surface area contributed by atoms with Gasteiger partial charge in [-0.2, -0.15) is 0 Å². The molecule has 0 unspecified atom stereocenters. The van der Waals surface area contributed by atoms with E-state index < -0.39 is 5.97 Å². The molecule has 3 rings (SSSR count). The molecule has 0 atom stereocenters. The van der Waals surface area contributed by atoms with Gasteiger partial charge in [-0.3, -0.25) is 0 Å². The summed E-state index contributed by atoms with van der Waals surface area (Å²) < 4.78 is 0. The molecule has 1 aromatic heterocycles. The van der Waals surface area contributed by atoms with Crippen LogP contribution in [-0.4, -0.2) is 47.2 Å². The predicted octanol–water partition coefficient (Wildman–Crippen LogP) is 1.58. The standard InChI is InChI=1S/C13H14N4O2.2ClH/c18-12(19)9-2-1-3-11-10(9)8-15-13(16-11)17-6-4-14-5-7-17;;/h1-3,8,14H,4-7H2,(H,18,19);2*1H. The number of carboxylic acid groups (broad SMARTS) is 1. The van der Waals surface area contributed by atoms with Crippen LogP contribution >= 0.6 is 24.8 Å². The van der Waals surface area contributed by atoms with Crippen LogP contribution in [0.25, 0.3) is 10.9 Å². The Kier molecular flexibility index (Phi) is 6.14. The lowest BCUT2D eigenvalue weighted by Crippen LogP contribution is -2.44. The van der Waals surface area contributed by atoms with Crippen LogP contribution in [0.2, 0.25) is 0 Å². The summed E-state index contributed by atoms with van der Waals surface area (Å²) in [4.78, 5) is 22.0. The van der Waals surface area contributed by atoms with Gasteiger partial charge in [0.05, 0.1) is 11.1 Å². The summed E-state index contributed by atoms with van der Waals surface area (Å²) in [5.74, 6) is -0.291. The Bertz CT molecular complexity index is 633. The number of anilines is 1. The fourth-order valence-corrected chi connectivity index (χ4v) is 2.25. The van der Waals surface area contributed by atoms with Gasteiger partial charge >= 0.3 is 5.97 Å². The highest BCUT2D eigenvalue weighted by atomic mass is 35.5. The first kappa shape index (κ1) is 17.4. The lowest BCUT2D eigenvalue weighted by molar-refractivity contribution is 0.0699. The molecule has 8 heteroatoms. The van der Waals surface area contributed by atoms with E-state index in [2.05, 4.69) is 20.2 Å². The van der Waals surface area contributed by atoms with E-state index in [4.69, 9.17) is 5.11 Å². The average molecular weight is 331 g/mol. The molecule has 1 saturated heterocycles. The summed E-state index contributed by atoms with van der Waals surface area (Å²) in [5.41, 5.74) is 0.910. The van der Waals surface area contributed by atoms with Crippen molar-refractivity contribution in [2.45, 2.75) is 0 Å². The van der Waals surface area contributed by atoms with E-state index in [1.807, 2.05) is 6.07 Å². The maximum Gasteiger partial charge on any atom is 0.336 e. The van der Waals surface area contributed by atoms with Crippen molar-refractivity contribution in [3.63, 3.8) is 0 Å². The first-order valence-electron chi connectivity index (χ1n) is 6.20. The SMILES string of the molecule is Cl.Cl.O=C(O)c1cccc2nc(N3CCNCC3)ncc12. The van der Waals surface area contributed by atoms with E-state index >= 15 is 0 Å². The second kappa shape index (κ2) is 7.40. The van der Waals surface area contributed by atoms with Gasteiger partial charge in [-0.05, 0) is 12.1 Å². The normalized spacial score (nSPS) is 14.2. The molecule has 114 valence electrons. The number of fused-ring (bicyclic) bond motifs is 1. The summed E-state index contributed by atoms with van der Waals surface area (Å²) in [6.07, 6.45) is 1.60. The van der Waals surface area contributed by atoms with Crippen molar-refractivity contribution < 1.29 is 9.90 Å². The number of nitrogens with one attached hydrogen (secondary N) is 1. The van der Waals surface area contributed by atoms with Crippen molar-refractivity contribution in [3.05, 3.63) is 30.0 Å². The number of piperazine rings is 1. The van der Waals surface area contributed by atoms with Gasteiger partial charge in [-0.15, -0.1) is 24.8 Å². The number of hydrogen-bond acceptors (Lipinski definition) is 5. The topological polar surface area (TPSA) is 78.3 Å². The third-order valence-electron chi connectivity index (χ3n) is 3.24. The molecule has 1 aliphatic heterocycles. The fourth-order valence-electron chi connectivity index (χ4n) is 2.25. The minimum absolute atomic E-state index is 0. The third kappa shape index (κ3) is 3.53. The average Bonchev–Trinajstić information content (AvgIpc) is 2.47. The molecule has 0 radical (unpaired) electrons. The van der Waals surface area contributed by atoms with Crippen LogP contribution in [0, 0.1) is 0 Å². The maximum absolute atomic E-state index is 11.1. The molecule has 0 spiro atoms. The van der Waals surface area contributed by atoms with Crippen molar-refractivity contribution in [1.29, 1.82) is 0 Å². The summed E-state index contributed by atoms with van der Waals surface area (Å²) in [6, 6.07) is 5.09. The highest BCUT2D eigenvalue weighted by Crippen LogP contribution is 2.19. The molecule has 21 heavy (non-hydrogen) atoms. The molecule has 2 heterocycles. The molecule has 1 aromatic carbocycles. The summed E-state index contributed by atoms with van der Waals surface area (Å²) >= 11 is 0.